The Bertz CT molecular complexity index is 1800. The maximum absolute atomic E-state index is 13.0. The fourth-order valence-electron chi connectivity index (χ4n) is 10.8. The molecule has 0 saturated heterocycles. The quantitative estimate of drug-likeness (QED) is 0.0222. The first-order chi connectivity index (χ1) is 43.6. The van der Waals surface area contributed by atoms with Crippen molar-refractivity contribution in [2.24, 2.45) is 23.7 Å². The molecule has 17 nitrogen and oxygen atoms in total. The maximum Gasteiger partial charge on any atom is 0.472 e. The molecule has 19 heteroatoms. The molecule has 91 heavy (non-hydrogen) atoms. The number of hydrogen-bond acceptors (Lipinski definition) is 15. The molecule has 0 aliphatic heterocycles. The molecule has 0 aromatic carbocycles. The largest absolute Gasteiger partial charge is 0.472 e. The van der Waals surface area contributed by atoms with Crippen LogP contribution in [-0.2, 0) is 65.4 Å². The van der Waals surface area contributed by atoms with Crippen LogP contribution >= 0.6 is 15.6 Å². The van der Waals surface area contributed by atoms with Gasteiger partial charge in [0.1, 0.15) is 19.3 Å². The summed E-state index contributed by atoms with van der Waals surface area (Å²) in [6, 6.07) is 0. The second-order valence-electron chi connectivity index (χ2n) is 27.6. The SMILES string of the molecule is CCC(C)CCCCCCCCCCC(=O)OC[C@H](COP(=O)(O)OC[C@@H](O)COP(=O)(O)OC[C@@H](COC(=O)CCCCCCCCC(C)C)OC(=O)CCCCCCCCC(C)C)OC(=O)CCCCCCCCCCCCCCCCCCCCC(C)C. The number of phosphoric ester groups is 2. The summed E-state index contributed by atoms with van der Waals surface area (Å²) < 4.78 is 68.2. The zero-order valence-electron chi connectivity index (χ0n) is 59.5. The lowest BCUT2D eigenvalue weighted by Crippen LogP contribution is -2.30. The van der Waals surface area contributed by atoms with Crippen LogP contribution in [0.15, 0.2) is 0 Å². The molecule has 0 saturated carbocycles. The van der Waals surface area contributed by atoms with Crippen molar-refractivity contribution in [3.8, 4) is 0 Å². The van der Waals surface area contributed by atoms with Crippen molar-refractivity contribution in [2.75, 3.05) is 39.6 Å². The van der Waals surface area contributed by atoms with Crippen LogP contribution in [0.4, 0.5) is 0 Å². The topological polar surface area (TPSA) is 237 Å². The van der Waals surface area contributed by atoms with Crippen LogP contribution in [0.5, 0.6) is 0 Å². The van der Waals surface area contributed by atoms with E-state index in [1.807, 2.05) is 0 Å². The highest BCUT2D eigenvalue weighted by molar-refractivity contribution is 7.47. The van der Waals surface area contributed by atoms with Gasteiger partial charge in [-0.1, -0.05) is 306 Å². The Morgan fingerprint density at radius 3 is 0.780 bits per heavy atom. The highest BCUT2D eigenvalue weighted by atomic mass is 31.2. The highest BCUT2D eigenvalue weighted by Crippen LogP contribution is 2.45. The van der Waals surface area contributed by atoms with Gasteiger partial charge in [-0.2, -0.15) is 0 Å². The lowest BCUT2D eigenvalue weighted by atomic mass is 9.99. The Hall–Kier alpha value is -1.94. The Morgan fingerprint density at radius 2 is 0.527 bits per heavy atom. The number of phosphoric acid groups is 2. The molecule has 0 aliphatic rings. The zero-order valence-corrected chi connectivity index (χ0v) is 61.3. The van der Waals surface area contributed by atoms with Gasteiger partial charge in [-0.3, -0.25) is 37.3 Å². The van der Waals surface area contributed by atoms with Crippen LogP contribution in [-0.4, -0.2) is 96.7 Å². The molecule has 6 atom stereocenters. The van der Waals surface area contributed by atoms with Gasteiger partial charge in [0, 0.05) is 25.7 Å². The van der Waals surface area contributed by atoms with E-state index >= 15 is 0 Å². The summed E-state index contributed by atoms with van der Waals surface area (Å²) in [5.41, 5.74) is 0. The summed E-state index contributed by atoms with van der Waals surface area (Å²) in [6.07, 6.45) is 44.9. The molecule has 0 aromatic rings. The van der Waals surface area contributed by atoms with Gasteiger partial charge in [0.05, 0.1) is 26.4 Å². The van der Waals surface area contributed by atoms with E-state index in [0.717, 1.165) is 108 Å². The highest BCUT2D eigenvalue weighted by Gasteiger charge is 2.30. The molecule has 0 spiro atoms. The normalized spacial score (nSPS) is 14.5. The standard InChI is InChI=1S/C72H140O17P2/c1-9-65(8)51-43-35-25-22-23-26-36-44-52-69(74)82-58-67(88-71(76)54-46-38-27-21-19-17-15-13-11-10-12-14-16-18-20-24-32-40-48-62(2)3)60-86-90(78,79)84-56-66(73)57-85-91(80,81)87-61-68(89-72(77)55-47-39-31-29-34-42-50-64(6)7)59-83-70(75)53-45-37-30-28-33-41-49-63(4)5/h62-68,73H,9-61H2,1-8H3,(H,78,79)(H,80,81)/t65?,66-,67-,68-/m1/s1. The van der Waals surface area contributed by atoms with E-state index in [9.17, 15) is 43.2 Å². The third kappa shape index (κ3) is 65.1. The molecule has 0 heterocycles. The van der Waals surface area contributed by atoms with Crippen molar-refractivity contribution < 1.29 is 80.2 Å². The van der Waals surface area contributed by atoms with E-state index in [4.69, 9.17) is 37.0 Å². The smallest absolute Gasteiger partial charge is 0.462 e. The Balaban J connectivity index is 5.17. The molecule has 540 valence electrons. The maximum atomic E-state index is 13.0. The van der Waals surface area contributed by atoms with Crippen molar-refractivity contribution in [2.45, 2.75) is 375 Å². The van der Waals surface area contributed by atoms with Gasteiger partial charge in [-0.05, 0) is 49.4 Å². The van der Waals surface area contributed by atoms with Crippen LogP contribution in [0.25, 0.3) is 0 Å². The van der Waals surface area contributed by atoms with E-state index in [-0.39, 0.29) is 25.7 Å². The minimum atomic E-state index is -4.95. The summed E-state index contributed by atoms with van der Waals surface area (Å²) in [5.74, 6) is 0.812. The first kappa shape index (κ1) is 89.1. The molecule has 0 fully saturated rings. The summed E-state index contributed by atoms with van der Waals surface area (Å²) in [5, 5.41) is 10.6. The molecule has 0 radical (unpaired) electrons. The Morgan fingerprint density at radius 1 is 0.308 bits per heavy atom. The van der Waals surface area contributed by atoms with Crippen molar-refractivity contribution in [1.29, 1.82) is 0 Å². The summed E-state index contributed by atoms with van der Waals surface area (Å²) in [7, 11) is -9.90. The Kier molecular flexibility index (Phi) is 60.3. The number of aliphatic hydroxyl groups excluding tert-OH is 1. The Labute approximate surface area is 556 Å². The van der Waals surface area contributed by atoms with Gasteiger partial charge >= 0.3 is 39.5 Å². The van der Waals surface area contributed by atoms with Gasteiger partial charge in [0.2, 0.25) is 0 Å². The first-order valence-electron chi connectivity index (χ1n) is 37.2. The monoisotopic (exact) mass is 1340 g/mol. The molecular formula is C72H140O17P2. The van der Waals surface area contributed by atoms with Crippen molar-refractivity contribution in [3.63, 3.8) is 0 Å². The molecule has 0 aromatic heterocycles. The number of unbranched alkanes of at least 4 members (excludes halogenated alkanes) is 34. The zero-order chi connectivity index (χ0) is 67.5. The average Bonchev–Trinajstić information content (AvgIpc) is 3.23. The molecule has 0 rings (SSSR count). The summed E-state index contributed by atoms with van der Waals surface area (Å²) in [4.78, 5) is 72.5. The number of rotatable bonds is 69. The molecular weight excluding hydrogens is 1200 g/mol. The predicted octanol–water partition coefficient (Wildman–Crippen LogP) is 20.5. The van der Waals surface area contributed by atoms with Gasteiger partial charge in [-0.25, -0.2) is 9.13 Å². The number of esters is 4. The number of carbonyl (C=O) groups excluding carboxylic acids is 4. The predicted molar refractivity (Wildman–Crippen MR) is 367 cm³/mol. The van der Waals surface area contributed by atoms with E-state index < -0.39 is 97.5 Å². The number of aliphatic hydroxyl groups is 1. The van der Waals surface area contributed by atoms with Crippen LogP contribution in [0.3, 0.4) is 0 Å². The molecule has 3 N–H and O–H groups in total. The summed E-state index contributed by atoms with van der Waals surface area (Å²) in [6.45, 7) is 14.0. The fourth-order valence-corrected chi connectivity index (χ4v) is 12.4. The second-order valence-corrected chi connectivity index (χ2v) is 30.6. The fraction of sp³-hybridized carbons (Fsp3) is 0.944. The van der Waals surface area contributed by atoms with Gasteiger partial charge in [-0.15, -0.1) is 0 Å². The van der Waals surface area contributed by atoms with Gasteiger partial charge < -0.3 is 33.8 Å². The molecule has 0 amide bonds. The van der Waals surface area contributed by atoms with E-state index in [1.165, 1.54) is 154 Å². The number of carbonyl (C=O) groups is 4. The van der Waals surface area contributed by atoms with E-state index in [1.54, 1.807) is 0 Å². The first-order valence-corrected chi connectivity index (χ1v) is 40.2. The van der Waals surface area contributed by atoms with Crippen LogP contribution in [0, 0.1) is 23.7 Å². The summed E-state index contributed by atoms with van der Waals surface area (Å²) >= 11 is 0. The number of ether oxygens (including phenoxy) is 4. The third-order valence-electron chi connectivity index (χ3n) is 16.9. The minimum absolute atomic E-state index is 0.101. The molecule has 0 bridgehead atoms. The lowest BCUT2D eigenvalue weighted by Gasteiger charge is -2.21. The second kappa shape index (κ2) is 61.6. The van der Waals surface area contributed by atoms with E-state index in [0.29, 0.717) is 37.5 Å². The van der Waals surface area contributed by atoms with Gasteiger partial charge in [0.15, 0.2) is 12.2 Å². The third-order valence-corrected chi connectivity index (χ3v) is 18.8. The molecule has 3 unspecified atom stereocenters. The van der Waals surface area contributed by atoms with Crippen molar-refractivity contribution in [1.82, 2.24) is 0 Å². The molecule has 0 aliphatic carbocycles. The van der Waals surface area contributed by atoms with Crippen LogP contribution in [0.1, 0.15) is 357 Å². The van der Waals surface area contributed by atoms with Crippen LogP contribution < -0.4 is 0 Å². The van der Waals surface area contributed by atoms with E-state index in [2.05, 4.69) is 55.4 Å². The van der Waals surface area contributed by atoms with Gasteiger partial charge in [0.25, 0.3) is 0 Å². The van der Waals surface area contributed by atoms with Crippen LogP contribution in [0.2, 0.25) is 0 Å². The average molecular weight is 1340 g/mol. The minimum Gasteiger partial charge on any atom is -0.462 e. The number of hydrogen-bond donors (Lipinski definition) is 3. The lowest BCUT2D eigenvalue weighted by molar-refractivity contribution is -0.161. The van der Waals surface area contributed by atoms with Crippen molar-refractivity contribution >= 4 is 39.5 Å². The van der Waals surface area contributed by atoms with Crippen molar-refractivity contribution in [3.05, 3.63) is 0 Å².